The third-order valence-corrected chi connectivity index (χ3v) is 3.78. The second-order valence-corrected chi connectivity index (χ2v) is 6.18. The Labute approximate surface area is 112 Å². The Bertz CT molecular complexity index is 344. The summed E-state index contributed by atoms with van der Waals surface area (Å²) in [5.41, 5.74) is -5.65. The zero-order valence-corrected chi connectivity index (χ0v) is 12.1. The Balaban J connectivity index is 0.000000362. The molecule has 1 rings (SSSR count). The first-order valence-corrected chi connectivity index (χ1v) is 7.87. The molecule has 0 aromatic carbocycles. The van der Waals surface area contributed by atoms with Crippen LogP contribution in [0.2, 0.25) is 0 Å². The minimum atomic E-state index is -6.09. The maximum absolute atomic E-state index is 10.7. The monoisotopic (exact) mass is 305 g/mol. The van der Waals surface area contributed by atoms with Crippen molar-refractivity contribution in [2.45, 2.75) is 57.5 Å². The maximum Gasteiger partial charge on any atom is 0.485 e. The molecule has 8 heteroatoms. The number of quaternary nitrogens is 1. The SMILES string of the molecule is CCCCC[NH+]1CCCC1C.O=S(=O)([O-])C(F)(F)F. The van der Waals surface area contributed by atoms with Crippen molar-refractivity contribution in [2.75, 3.05) is 13.1 Å². The molecule has 2 unspecified atom stereocenters. The van der Waals surface area contributed by atoms with Gasteiger partial charge >= 0.3 is 5.51 Å². The summed E-state index contributed by atoms with van der Waals surface area (Å²) in [6, 6.07) is 0.951. The Morgan fingerprint density at radius 2 is 1.84 bits per heavy atom. The summed E-state index contributed by atoms with van der Waals surface area (Å²) in [5.74, 6) is 0. The van der Waals surface area contributed by atoms with Gasteiger partial charge in [-0.1, -0.05) is 13.3 Å². The first-order chi connectivity index (χ1) is 8.59. The van der Waals surface area contributed by atoms with Crippen molar-refractivity contribution in [1.82, 2.24) is 0 Å². The van der Waals surface area contributed by atoms with Gasteiger partial charge in [0, 0.05) is 12.8 Å². The quantitative estimate of drug-likeness (QED) is 0.484. The highest BCUT2D eigenvalue weighted by Gasteiger charge is 2.36. The number of nitrogens with one attached hydrogen (secondary N) is 1. The average Bonchev–Trinajstić information content (AvgIpc) is 2.63. The zero-order chi connectivity index (χ0) is 15.1. The van der Waals surface area contributed by atoms with Gasteiger partial charge in [0.25, 0.3) is 0 Å². The van der Waals surface area contributed by atoms with Crippen LogP contribution >= 0.6 is 0 Å². The summed E-state index contributed by atoms with van der Waals surface area (Å²) in [7, 11) is -6.09. The van der Waals surface area contributed by atoms with Crippen LogP contribution in [0.4, 0.5) is 13.2 Å². The normalized spacial score (nSPS) is 23.9. The highest BCUT2D eigenvalue weighted by molar-refractivity contribution is 7.86. The number of unbranched alkanes of at least 4 members (excludes halogenated alkanes) is 2. The van der Waals surface area contributed by atoms with Crippen LogP contribution in [0.25, 0.3) is 0 Å². The minimum absolute atomic E-state index is 0.951. The molecule has 1 N–H and O–H groups in total. The molecule has 0 bridgehead atoms. The standard InChI is InChI=1S/C10H21N.CHF3O3S/c1-3-4-5-8-11-9-6-7-10(11)2;2-1(3,4)8(5,6)7/h10H,3-9H2,1-2H3;(H,5,6,7). The average molecular weight is 305 g/mol. The second-order valence-electron chi connectivity index (χ2n) is 4.81. The van der Waals surface area contributed by atoms with Crippen LogP contribution in [-0.2, 0) is 10.1 Å². The van der Waals surface area contributed by atoms with Gasteiger partial charge in [0.15, 0.2) is 10.1 Å². The summed E-state index contributed by atoms with van der Waals surface area (Å²) < 4.78 is 58.9. The van der Waals surface area contributed by atoms with Gasteiger partial charge in [-0.2, -0.15) is 13.2 Å². The van der Waals surface area contributed by atoms with E-state index in [1.807, 2.05) is 4.90 Å². The summed E-state index contributed by atoms with van der Waals surface area (Å²) in [4.78, 5) is 1.86. The van der Waals surface area contributed by atoms with Crippen molar-refractivity contribution in [3.05, 3.63) is 0 Å². The third-order valence-electron chi connectivity index (χ3n) is 3.22. The molecule has 1 aliphatic heterocycles. The molecule has 116 valence electrons. The fourth-order valence-corrected chi connectivity index (χ4v) is 2.06. The molecule has 0 aliphatic carbocycles. The molecule has 1 fully saturated rings. The lowest BCUT2D eigenvalue weighted by Crippen LogP contribution is -3.13. The zero-order valence-electron chi connectivity index (χ0n) is 11.3. The van der Waals surface area contributed by atoms with Crippen LogP contribution in [0.5, 0.6) is 0 Å². The number of halogens is 3. The number of rotatable bonds is 4. The van der Waals surface area contributed by atoms with Crippen molar-refractivity contribution in [2.24, 2.45) is 0 Å². The van der Waals surface area contributed by atoms with E-state index in [0.29, 0.717) is 0 Å². The fraction of sp³-hybridized carbons (Fsp3) is 1.00. The van der Waals surface area contributed by atoms with Gasteiger partial charge in [0.1, 0.15) is 0 Å². The minimum Gasteiger partial charge on any atom is -0.741 e. The molecule has 0 saturated carbocycles. The Kier molecular flexibility index (Phi) is 7.92. The number of hydrogen-bond donors (Lipinski definition) is 1. The molecule has 19 heavy (non-hydrogen) atoms. The van der Waals surface area contributed by atoms with Gasteiger partial charge in [-0.05, 0) is 19.8 Å². The topological polar surface area (TPSA) is 61.6 Å². The molecule has 0 radical (unpaired) electrons. The molecule has 1 aliphatic rings. The van der Waals surface area contributed by atoms with Crippen molar-refractivity contribution in [1.29, 1.82) is 0 Å². The predicted molar refractivity (Wildman–Crippen MR) is 64.7 cm³/mol. The van der Waals surface area contributed by atoms with E-state index in [1.54, 1.807) is 0 Å². The van der Waals surface area contributed by atoms with Crippen LogP contribution in [-0.4, -0.2) is 37.6 Å². The van der Waals surface area contributed by atoms with Crippen molar-refractivity contribution < 1.29 is 31.0 Å². The summed E-state index contributed by atoms with van der Waals surface area (Å²) in [5, 5.41) is 0. The first-order valence-electron chi connectivity index (χ1n) is 6.46. The Morgan fingerprint density at radius 1 is 1.32 bits per heavy atom. The highest BCUT2D eigenvalue weighted by Crippen LogP contribution is 2.20. The Hall–Kier alpha value is -0.340. The van der Waals surface area contributed by atoms with E-state index in [2.05, 4.69) is 13.8 Å². The van der Waals surface area contributed by atoms with E-state index in [1.165, 1.54) is 45.2 Å². The number of hydrogen-bond acceptors (Lipinski definition) is 3. The Morgan fingerprint density at radius 3 is 2.16 bits per heavy atom. The largest absolute Gasteiger partial charge is 0.741 e. The van der Waals surface area contributed by atoms with E-state index < -0.39 is 15.6 Å². The van der Waals surface area contributed by atoms with Crippen LogP contribution in [0, 0.1) is 0 Å². The van der Waals surface area contributed by atoms with Crippen molar-refractivity contribution >= 4 is 10.1 Å². The van der Waals surface area contributed by atoms with Crippen LogP contribution in [0.3, 0.4) is 0 Å². The van der Waals surface area contributed by atoms with E-state index in [4.69, 9.17) is 13.0 Å². The molecule has 4 nitrogen and oxygen atoms in total. The second kappa shape index (κ2) is 8.06. The van der Waals surface area contributed by atoms with Crippen LogP contribution in [0.15, 0.2) is 0 Å². The van der Waals surface area contributed by atoms with Gasteiger partial charge < -0.3 is 9.45 Å². The first kappa shape index (κ1) is 18.7. The maximum atomic E-state index is 10.7. The molecule has 0 amide bonds. The van der Waals surface area contributed by atoms with E-state index in [-0.39, 0.29) is 0 Å². The smallest absolute Gasteiger partial charge is 0.485 e. The van der Waals surface area contributed by atoms with E-state index in [9.17, 15) is 13.2 Å². The molecule has 1 heterocycles. The number of likely N-dealkylation sites (tertiary alicyclic amines) is 1. The van der Waals surface area contributed by atoms with E-state index >= 15 is 0 Å². The van der Waals surface area contributed by atoms with Gasteiger partial charge in [0.05, 0.1) is 19.1 Å². The molecular formula is C11H22F3NO3S. The summed E-state index contributed by atoms with van der Waals surface area (Å²) >= 11 is 0. The molecular weight excluding hydrogens is 283 g/mol. The fourth-order valence-electron chi connectivity index (χ4n) is 2.06. The molecule has 0 spiro atoms. The van der Waals surface area contributed by atoms with Gasteiger partial charge in [0.2, 0.25) is 0 Å². The number of alkyl halides is 3. The van der Waals surface area contributed by atoms with Gasteiger partial charge in [-0.3, -0.25) is 0 Å². The van der Waals surface area contributed by atoms with Gasteiger partial charge in [-0.25, -0.2) is 8.42 Å². The molecule has 1 saturated heterocycles. The lowest BCUT2D eigenvalue weighted by Gasteiger charge is -2.17. The van der Waals surface area contributed by atoms with Gasteiger partial charge in [-0.15, -0.1) is 0 Å². The van der Waals surface area contributed by atoms with Crippen LogP contribution < -0.4 is 4.90 Å². The third kappa shape index (κ3) is 7.74. The molecule has 0 aromatic rings. The predicted octanol–water partition coefficient (Wildman–Crippen LogP) is 1.30. The summed E-state index contributed by atoms with van der Waals surface area (Å²) in [6.07, 6.45) is 7.15. The van der Waals surface area contributed by atoms with Crippen molar-refractivity contribution in [3.63, 3.8) is 0 Å². The van der Waals surface area contributed by atoms with E-state index in [0.717, 1.165) is 6.04 Å². The lowest BCUT2D eigenvalue weighted by molar-refractivity contribution is -0.910. The molecule has 2 atom stereocenters. The highest BCUT2D eigenvalue weighted by atomic mass is 32.2. The van der Waals surface area contributed by atoms with Crippen molar-refractivity contribution in [3.8, 4) is 0 Å². The lowest BCUT2D eigenvalue weighted by atomic mass is 10.2. The van der Waals surface area contributed by atoms with Crippen LogP contribution in [0.1, 0.15) is 46.0 Å². The molecule has 0 aromatic heterocycles. The summed E-state index contributed by atoms with van der Waals surface area (Å²) in [6.45, 7) is 7.54.